The Morgan fingerprint density at radius 1 is 1.21 bits per heavy atom. The van der Waals surface area contributed by atoms with Gasteiger partial charge in [0.05, 0.1) is 12.7 Å². The fraction of sp³-hybridized carbons (Fsp3) is 1.00. The molecule has 0 N–H and O–H groups in total. The minimum atomic E-state index is 0.451. The molecule has 1 heterocycles. The van der Waals surface area contributed by atoms with Gasteiger partial charge in [-0.15, -0.1) is 0 Å². The minimum absolute atomic E-state index is 0.451. The maximum Gasteiger partial charge on any atom is 0.0710 e. The second-order valence-corrected chi connectivity index (χ2v) is 3.35. The van der Waals surface area contributed by atoms with Crippen molar-refractivity contribution in [3.05, 3.63) is 0 Å². The maximum atomic E-state index is 5.24. The molecule has 0 spiro atoms. The zero-order valence-corrected chi connectivity index (χ0v) is 9.78. The molecule has 1 fully saturated rings. The van der Waals surface area contributed by atoms with Gasteiger partial charge in [-0.2, -0.15) is 0 Å². The standard InChI is InChI=1S/C8H17NO2.C2H6O/c1-10-6-5-9-4-3-8(7-9)11-2;1-3-2/h8H,3-7H2,1-2H3;1-2H3. The highest BCUT2D eigenvalue weighted by Crippen LogP contribution is 2.10. The molecule has 1 saturated heterocycles. The second-order valence-electron chi connectivity index (χ2n) is 3.35. The van der Waals surface area contributed by atoms with E-state index in [0.29, 0.717) is 6.10 Å². The lowest BCUT2D eigenvalue weighted by molar-refractivity contribution is 0.101. The molecule has 86 valence electrons. The van der Waals surface area contributed by atoms with Crippen molar-refractivity contribution in [2.24, 2.45) is 0 Å². The monoisotopic (exact) mass is 205 g/mol. The first-order chi connectivity index (χ1) is 6.78. The Balaban J connectivity index is 0.000000500. The molecule has 0 aromatic heterocycles. The average molecular weight is 205 g/mol. The number of methoxy groups -OCH3 is 3. The first kappa shape index (κ1) is 13.8. The van der Waals surface area contributed by atoms with E-state index in [-0.39, 0.29) is 0 Å². The normalized spacial score (nSPS) is 21.9. The van der Waals surface area contributed by atoms with Crippen LogP contribution in [0.4, 0.5) is 0 Å². The lowest BCUT2D eigenvalue weighted by Crippen LogP contribution is -2.26. The molecule has 1 rings (SSSR count). The van der Waals surface area contributed by atoms with Gasteiger partial charge in [-0.3, -0.25) is 4.90 Å². The van der Waals surface area contributed by atoms with E-state index in [1.807, 2.05) is 0 Å². The van der Waals surface area contributed by atoms with Crippen molar-refractivity contribution in [2.45, 2.75) is 12.5 Å². The minimum Gasteiger partial charge on any atom is -0.388 e. The van der Waals surface area contributed by atoms with Gasteiger partial charge in [0.25, 0.3) is 0 Å². The fourth-order valence-corrected chi connectivity index (χ4v) is 1.41. The van der Waals surface area contributed by atoms with Gasteiger partial charge in [0.15, 0.2) is 0 Å². The van der Waals surface area contributed by atoms with Crippen LogP contribution in [0.1, 0.15) is 6.42 Å². The van der Waals surface area contributed by atoms with E-state index in [0.717, 1.165) is 26.2 Å². The second kappa shape index (κ2) is 9.40. The molecule has 14 heavy (non-hydrogen) atoms. The van der Waals surface area contributed by atoms with Gasteiger partial charge < -0.3 is 14.2 Å². The third kappa shape index (κ3) is 6.32. The number of nitrogens with zero attached hydrogens (tertiary/aromatic N) is 1. The van der Waals surface area contributed by atoms with E-state index in [1.54, 1.807) is 28.4 Å². The zero-order chi connectivity index (χ0) is 10.8. The molecule has 1 unspecified atom stereocenters. The molecule has 4 nitrogen and oxygen atoms in total. The molecule has 1 aliphatic rings. The molecule has 0 bridgehead atoms. The van der Waals surface area contributed by atoms with Crippen LogP contribution in [0.3, 0.4) is 0 Å². The van der Waals surface area contributed by atoms with E-state index in [2.05, 4.69) is 9.64 Å². The largest absolute Gasteiger partial charge is 0.388 e. The summed E-state index contributed by atoms with van der Waals surface area (Å²) in [5, 5.41) is 0. The summed E-state index contributed by atoms with van der Waals surface area (Å²) in [6, 6.07) is 0. The van der Waals surface area contributed by atoms with Crippen LogP contribution in [0.25, 0.3) is 0 Å². The Hall–Kier alpha value is -0.160. The van der Waals surface area contributed by atoms with Crippen LogP contribution < -0.4 is 0 Å². The Morgan fingerprint density at radius 2 is 1.86 bits per heavy atom. The summed E-state index contributed by atoms with van der Waals surface area (Å²) in [7, 11) is 6.77. The van der Waals surface area contributed by atoms with Crippen molar-refractivity contribution in [2.75, 3.05) is 54.7 Å². The predicted octanol–water partition coefficient (Wildman–Crippen LogP) is 0.616. The van der Waals surface area contributed by atoms with Crippen LogP contribution in [0, 0.1) is 0 Å². The van der Waals surface area contributed by atoms with Gasteiger partial charge in [0, 0.05) is 48.1 Å². The van der Waals surface area contributed by atoms with Crippen molar-refractivity contribution in [1.82, 2.24) is 4.90 Å². The van der Waals surface area contributed by atoms with E-state index in [9.17, 15) is 0 Å². The van der Waals surface area contributed by atoms with Crippen LogP contribution in [0.15, 0.2) is 0 Å². The summed E-state index contributed by atoms with van der Waals surface area (Å²) in [5.41, 5.74) is 0. The third-order valence-corrected chi connectivity index (χ3v) is 2.17. The van der Waals surface area contributed by atoms with Crippen LogP contribution in [0.2, 0.25) is 0 Å². The van der Waals surface area contributed by atoms with E-state index >= 15 is 0 Å². The van der Waals surface area contributed by atoms with Gasteiger partial charge in [-0.05, 0) is 6.42 Å². The summed E-state index contributed by atoms with van der Waals surface area (Å²) < 4.78 is 14.5. The van der Waals surface area contributed by atoms with Crippen molar-refractivity contribution in [1.29, 1.82) is 0 Å². The highest BCUT2D eigenvalue weighted by Gasteiger charge is 2.20. The summed E-state index contributed by atoms with van der Waals surface area (Å²) in [6.07, 6.45) is 1.62. The van der Waals surface area contributed by atoms with Gasteiger partial charge in [0.2, 0.25) is 0 Å². The first-order valence-corrected chi connectivity index (χ1v) is 4.92. The van der Waals surface area contributed by atoms with E-state index < -0.39 is 0 Å². The van der Waals surface area contributed by atoms with Gasteiger partial charge in [0.1, 0.15) is 0 Å². The Bertz CT molecular complexity index is 122. The van der Waals surface area contributed by atoms with Crippen LogP contribution in [0.5, 0.6) is 0 Å². The van der Waals surface area contributed by atoms with E-state index in [4.69, 9.17) is 9.47 Å². The average Bonchev–Trinajstić information content (AvgIpc) is 2.63. The molecular formula is C10H23NO3. The quantitative estimate of drug-likeness (QED) is 0.673. The van der Waals surface area contributed by atoms with Crippen LogP contribution in [-0.2, 0) is 14.2 Å². The highest BCUT2D eigenvalue weighted by atomic mass is 16.5. The first-order valence-electron chi connectivity index (χ1n) is 4.92. The number of rotatable bonds is 4. The third-order valence-electron chi connectivity index (χ3n) is 2.17. The highest BCUT2D eigenvalue weighted by molar-refractivity contribution is 4.74. The predicted molar refractivity (Wildman–Crippen MR) is 56.7 cm³/mol. The van der Waals surface area contributed by atoms with Crippen molar-refractivity contribution in [3.8, 4) is 0 Å². The topological polar surface area (TPSA) is 30.9 Å². The fourth-order valence-electron chi connectivity index (χ4n) is 1.41. The van der Waals surface area contributed by atoms with Crippen LogP contribution in [-0.4, -0.2) is 65.7 Å². The maximum absolute atomic E-state index is 5.24. The molecule has 1 aliphatic heterocycles. The summed E-state index contributed by atoms with van der Waals surface area (Å²) in [5.74, 6) is 0. The van der Waals surface area contributed by atoms with Crippen molar-refractivity contribution in [3.63, 3.8) is 0 Å². The molecular weight excluding hydrogens is 182 g/mol. The van der Waals surface area contributed by atoms with Crippen molar-refractivity contribution < 1.29 is 14.2 Å². The number of ether oxygens (including phenoxy) is 3. The molecule has 0 aliphatic carbocycles. The molecule has 0 amide bonds. The summed E-state index contributed by atoms with van der Waals surface area (Å²) >= 11 is 0. The molecule has 0 radical (unpaired) electrons. The smallest absolute Gasteiger partial charge is 0.0710 e. The lowest BCUT2D eigenvalue weighted by Gasteiger charge is -2.14. The Labute approximate surface area is 87.1 Å². The molecule has 0 saturated carbocycles. The molecule has 4 heteroatoms. The molecule has 0 aromatic carbocycles. The Morgan fingerprint density at radius 3 is 2.29 bits per heavy atom. The number of likely N-dealkylation sites (tertiary alicyclic amines) is 1. The van der Waals surface area contributed by atoms with Crippen molar-refractivity contribution >= 4 is 0 Å². The van der Waals surface area contributed by atoms with Gasteiger partial charge in [-0.1, -0.05) is 0 Å². The number of hydrogen-bond donors (Lipinski definition) is 0. The molecule has 1 atom stereocenters. The summed E-state index contributed by atoms with van der Waals surface area (Å²) in [4.78, 5) is 2.37. The SMILES string of the molecule is COC.COCCN1CCC(OC)C1. The zero-order valence-electron chi connectivity index (χ0n) is 9.78. The Kier molecular flexibility index (Phi) is 9.29. The van der Waals surface area contributed by atoms with Gasteiger partial charge >= 0.3 is 0 Å². The number of hydrogen-bond acceptors (Lipinski definition) is 4. The lowest BCUT2D eigenvalue weighted by atomic mass is 10.3. The van der Waals surface area contributed by atoms with Gasteiger partial charge in [-0.25, -0.2) is 0 Å². The van der Waals surface area contributed by atoms with Crippen LogP contribution >= 0.6 is 0 Å². The summed E-state index contributed by atoms with van der Waals surface area (Å²) in [6.45, 7) is 4.09. The van der Waals surface area contributed by atoms with E-state index in [1.165, 1.54) is 6.42 Å². The molecule has 0 aromatic rings.